The van der Waals surface area contributed by atoms with Crippen LogP contribution in [-0.2, 0) is 4.74 Å². The van der Waals surface area contributed by atoms with Gasteiger partial charge in [0, 0.05) is 12.5 Å². The monoisotopic (exact) mass is 192 g/mol. The minimum atomic E-state index is 0.528. The van der Waals surface area contributed by atoms with Gasteiger partial charge in [-0.05, 0) is 50.4 Å². The Bertz CT molecular complexity index is 258. The molecule has 0 heterocycles. The fourth-order valence-electron chi connectivity index (χ4n) is 4.18. The van der Waals surface area contributed by atoms with Crippen LogP contribution in [0.25, 0.3) is 0 Å². The molecule has 0 saturated heterocycles. The summed E-state index contributed by atoms with van der Waals surface area (Å²) in [5.41, 5.74) is 1.52. The van der Waals surface area contributed by atoms with Gasteiger partial charge in [-0.25, -0.2) is 0 Å². The van der Waals surface area contributed by atoms with Crippen LogP contribution < -0.4 is 0 Å². The second kappa shape index (κ2) is 3.10. The van der Waals surface area contributed by atoms with Gasteiger partial charge in [0.15, 0.2) is 0 Å². The predicted molar refractivity (Wildman–Crippen MR) is 57.0 cm³/mol. The predicted octanol–water partition coefficient (Wildman–Crippen LogP) is 3.01. The summed E-state index contributed by atoms with van der Waals surface area (Å²) in [4.78, 5) is 0. The Balaban J connectivity index is 1.86. The molecule has 0 radical (unpaired) electrons. The Labute approximate surface area is 86.5 Å². The van der Waals surface area contributed by atoms with E-state index >= 15 is 0 Å². The lowest BCUT2D eigenvalue weighted by molar-refractivity contribution is -0.0951. The van der Waals surface area contributed by atoms with Crippen molar-refractivity contribution in [1.29, 1.82) is 0 Å². The average Bonchev–Trinajstić information content (AvgIpc) is 2.18. The third-order valence-electron chi connectivity index (χ3n) is 4.65. The van der Waals surface area contributed by atoms with Crippen LogP contribution in [0, 0.1) is 23.7 Å². The van der Waals surface area contributed by atoms with Crippen molar-refractivity contribution in [1.82, 2.24) is 0 Å². The third kappa shape index (κ3) is 1.11. The van der Waals surface area contributed by atoms with Gasteiger partial charge in [-0.15, -0.1) is 0 Å². The van der Waals surface area contributed by atoms with Crippen LogP contribution in [0.1, 0.15) is 32.6 Å². The molecule has 4 bridgehead atoms. The molecule has 4 rings (SSSR count). The zero-order chi connectivity index (χ0) is 9.71. The van der Waals surface area contributed by atoms with E-state index in [9.17, 15) is 0 Å². The number of rotatable bonds is 2. The standard InChI is InChI=1S/C13H20O/c1-3-14-13-11-5-9-4-10(7-11)8(2)12(13)6-9/h9-13H,2-7H2,1H3. The summed E-state index contributed by atoms with van der Waals surface area (Å²) >= 11 is 0. The highest BCUT2D eigenvalue weighted by Crippen LogP contribution is 2.56. The highest BCUT2D eigenvalue weighted by molar-refractivity contribution is 5.19. The molecule has 4 saturated carbocycles. The maximum atomic E-state index is 5.93. The van der Waals surface area contributed by atoms with Gasteiger partial charge in [0.2, 0.25) is 0 Å². The van der Waals surface area contributed by atoms with Crippen LogP contribution in [-0.4, -0.2) is 12.7 Å². The molecule has 78 valence electrons. The first-order chi connectivity index (χ1) is 6.79. The third-order valence-corrected chi connectivity index (χ3v) is 4.65. The molecule has 0 aromatic heterocycles. The Hall–Kier alpha value is -0.300. The van der Waals surface area contributed by atoms with Gasteiger partial charge in [-0.3, -0.25) is 0 Å². The van der Waals surface area contributed by atoms with E-state index in [1.807, 2.05) is 0 Å². The van der Waals surface area contributed by atoms with Crippen LogP contribution in [0.3, 0.4) is 0 Å². The van der Waals surface area contributed by atoms with Crippen molar-refractivity contribution in [3.05, 3.63) is 12.2 Å². The molecular formula is C13H20O. The molecule has 0 aromatic carbocycles. The van der Waals surface area contributed by atoms with Gasteiger partial charge < -0.3 is 4.74 Å². The van der Waals surface area contributed by atoms with E-state index in [2.05, 4.69) is 13.5 Å². The second-order valence-corrected chi connectivity index (χ2v) is 5.37. The summed E-state index contributed by atoms with van der Waals surface area (Å²) in [6.45, 7) is 7.30. The maximum absolute atomic E-state index is 5.93. The average molecular weight is 192 g/mol. The van der Waals surface area contributed by atoms with Gasteiger partial charge in [0.25, 0.3) is 0 Å². The van der Waals surface area contributed by atoms with E-state index < -0.39 is 0 Å². The molecular weight excluding hydrogens is 172 g/mol. The molecule has 4 aliphatic carbocycles. The van der Waals surface area contributed by atoms with Crippen molar-refractivity contribution in [2.45, 2.75) is 38.7 Å². The topological polar surface area (TPSA) is 9.23 Å². The molecule has 0 amide bonds. The maximum Gasteiger partial charge on any atom is 0.0668 e. The summed E-state index contributed by atoms with van der Waals surface area (Å²) in [5.74, 6) is 3.44. The lowest BCUT2D eigenvalue weighted by atomic mass is 9.53. The van der Waals surface area contributed by atoms with Crippen LogP contribution >= 0.6 is 0 Å². The molecule has 0 aromatic rings. The van der Waals surface area contributed by atoms with Crippen LogP contribution in [0.4, 0.5) is 0 Å². The number of hydrogen-bond acceptors (Lipinski definition) is 1. The van der Waals surface area contributed by atoms with E-state index in [1.165, 1.54) is 31.3 Å². The molecule has 1 nitrogen and oxygen atoms in total. The summed E-state index contributed by atoms with van der Waals surface area (Å²) in [5, 5.41) is 0. The molecule has 4 aliphatic rings. The van der Waals surface area contributed by atoms with Gasteiger partial charge in [0.1, 0.15) is 0 Å². The fraction of sp³-hybridized carbons (Fsp3) is 0.846. The Kier molecular flexibility index (Phi) is 1.98. The van der Waals surface area contributed by atoms with Crippen molar-refractivity contribution in [2.75, 3.05) is 6.61 Å². The Morgan fingerprint density at radius 2 is 2.14 bits per heavy atom. The summed E-state index contributed by atoms with van der Waals surface area (Å²) in [6.07, 6.45) is 6.14. The van der Waals surface area contributed by atoms with Gasteiger partial charge in [0.05, 0.1) is 6.10 Å². The van der Waals surface area contributed by atoms with Crippen LogP contribution in [0.5, 0.6) is 0 Å². The lowest BCUT2D eigenvalue weighted by Crippen LogP contribution is -2.50. The van der Waals surface area contributed by atoms with Gasteiger partial charge in [-0.2, -0.15) is 0 Å². The van der Waals surface area contributed by atoms with E-state index in [-0.39, 0.29) is 0 Å². The molecule has 1 heteroatoms. The van der Waals surface area contributed by atoms with Crippen molar-refractivity contribution in [3.63, 3.8) is 0 Å². The van der Waals surface area contributed by atoms with Crippen molar-refractivity contribution < 1.29 is 4.74 Å². The molecule has 0 N–H and O–H groups in total. The largest absolute Gasteiger partial charge is 0.378 e. The summed E-state index contributed by atoms with van der Waals surface area (Å²) in [7, 11) is 0. The Morgan fingerprint density at radius 1 is 1.29 bits per heavy atom. The highest BCUT2D eigenvalue weighted by Gasteiger charge is 2.50. The van der Waals surface area contributed by atoms with Gasteiger partial charge >= 0.3 is 0 Å². The van der Waals surface area contributed by atoms with Crippen LogP contribution in [0.2, 0.25) is 0 Å². The van der Waals surface area contributed by atoms with E-state index in [4.69, 9.17) is 4.74 Å². The van der Waals surface area contributed by atoms with E-state index in [0.717, 1.165) is 24.4 Å². The zero-order valence-corrected chi connectivity index (χ0v) is 9.04. The first-order valence-corrected chi connectivity index (χ1v) is 6.10. The normalized spacial score (nSPS) is 50.1. The van der Waals surface area contributed by atoms with Crippen molar-refractivity contribution >= 4 is 0 Å². The van der Waals surface area contributed by atoms with Gasteiger partial charge in [-0.1, -0.05) is 12.2 Å². The minimum Gasteiger partial charge on any atom is -0.378 e. The highest BCUT2D eigenvalue weighted by atomic mass is 16.5. The minimum absolute atomic E-state index is 0.528. The zero-order valence-electron chi connectivity index (χ0n) is 9.04. The van der Waals surface area contributed by atoms with E-state index in [1.54, 1.807) is 0 Å². The molecule has 0 spiro atoms. The SMILES string of the molecule is C=C1C2CC3CC(C2)C(OCC)C1C3. The molecule has 14 heavy (non-hydrogen) atoms. The Morgan fingerprint density at radius 3 is 2.93 bits per heavy atom. The molecule has 5 unspecified atom stereocenters. The van der Waals surface area contributed by atoms with Crippen molar-refractivity contribution in [3.8, 4) is 0 Å². The molecule has 0 aliphatic heterocycles. The second-order valence-electron chi connectivity index (χ2n) is 5.37. The summed E-state index contributed by atoms with van der Waals surface area (Å²) in [6, 6.07) is 0. The first kappa shape index (κ1) is 8.96. The fourth-order valence-corrected chi connectivity index (χ4v) is 4.18. The van der Waals surface area contributed by atoms with E-state index in [0.29, 0.717) is 12.0 Å². The lowest BCUT2D eigenvalue weighted by Gasteiger charge is -2.55. The smallest absolute Gasteiger partial charge is 0.0668 e. The number of ether oxygens (including phenoxy) is 1. The summed E-state index contributed by atoms with van der Waals surface area (Å²) < 4.78 is 5.93. The quantitative estimate of drug-likeness (QED) is 0.611. The molecule has 4 fully saturated rings. The van der Waals surface area contributed by atoms with Crippen LogP contribution in [0.15, 0.2) is 12.2 Å². The first-order valence-electron chi connectivity index (χ1n) is 6.10. The molecule has 5 atom stereocenters. The van der Waals surface area contributed by atoms with Crippen molar-refractivity contribution in [2.24, 2.45) is 23.7 Å². The number of hydrogen-bond donors (Lipinski definition) is 0.